The van der Waals surface area contributed by atoms with E-state index >= 15 is 0 Å². The van der Waals surface area contributed by atoms with Crippen LogP contribution in [-0.2, 0) is 0 Å². The summed E-state index contributed by atoms with van der Waals surface area (Å²) in [5.74, 6) is 2.41. The van der Waals surface area contributed by atoms with Crippen LogP contribution in [0.2, 0.25) is 0 Å². The minimum atomic E-state index is 0.0901. The molecule has 4 unspecified atom stereocenters. The van der Waals surface area contributed by atoms with Crippen LogP contribution in [0.3, 0.4) is 0 Å². The highest BCUT2D eigenvalue weighted by molar-refractivity contribution is 5.97. The summed E-state index contributed by atoms with van der Waals surface area (Å²) >= 11 is 0. The molecule has 0 spiro atoms. The number of fused-ring (bicyclic) bond motifs is 1. The van der Waals surface area contributed by atoms with Crippen molar-refractivity contribution in [2.24, 2.45) is 28.6 Å². The summed E-state index contributed by atoms with van der Waals surface area (Å²) in [6.07, 6.45) is 6.85. The molecule has 2 saturated carbocycles. The van der Waals surface area contributed by atoms with E-state index in [9.17, 15) is 9.90 Å². The molecule has 0 aromatic heterocycles. The number of aromatic hydroxyl groups is 1. The van der Waals surface area contributed by atoms with Crippen LogP contribution in [0.5, 0.6) is 11.5 Å². The van der Waals surface area contributed by atoms with Gasteiger partial charge >= 0.3 is 0 Å². The average molecular weight is 359 g/mol. The molecule has 1 aromatic rings. The minimum absolute atomic E-state index is 0.0901. The number of carbonyl (C=O) groups excluding carboxylic acids is 1. The van der Waals surface area contributed by atoms with E-state index in [1.807, 2.05) is 0 Å². The highest BCUT2D eigenvalue weighted by Gasteiger charge is 2.53. The summed E-state index contributed by atoms with van der Waals surface area (Å²) in [7, 11) is 1.56. The lowest BCUT2D eigenvalue weighted by atomic mass is 9.46. The average Bonchev–Trinajstić information content (AvgIpc) is 2.56. The van der Waals surface area contributed by atoms with Gasteiger partial charge in [-0.25, -0.2) is 0 Å². The molecule has 0 saturated heterocycles. The summed E-state index contributed by atoms with van der Waals surface area (Å²) < 4.78 is 5.22. The van der Waals surface area contributed by atoms with Crippen molar-refractivity contribution in [3.63, 3.8) is 0 Å². The Bertz CT molecular complexity index is 678. The Morgan fingerprint density at radius 2 is 1.92 bits per heavy atom. The van der Waals surface area contributed by atoms with Crippen molar-refractivity contribution in [1.82, 2.24) is 0 Å². The van der Waals surface area contributed by atoms with Crippen LogP contribution in [0.25, 0.3) is 0 Å². The standard InChI is InChI=1S/C23H34O3/c1-15-7-8-21-22(2,3)9-6-10-23(21,4)19(15)14-20(25)16-11-17(24)13-18(12-16)26-5/h11-13,15,19,21,24H,6-10,14H2,1-5H3. The van der Waals surface area contributed by atoms with Crippen LogP contribution in [0.4, 0.5) is 0 Å². The van der Waals surface area contributed by atoms with Crippen LogP contribution in [0, 0.1) is 28.6 Å². The van der Waals surface area contributed by atoms with Crippen LogP contribution in [0.15, 0.2) is 18.2 Å². The smallest absolute Gasteiger partial charge is 0.163 e. The number of methoxy groups -OCH3 is 1. The minimum Gasteiger partial charge on any atom is -0.508 e. The molecule has 0 amide bonds. The Hall–Kier alpha value is -1.51. The van der Waals surface area contributed by atoms with Gasteiger partial charge in [-0.15, -0.1) is 0 Å². The number of hydrogen-bond donors (Lipinski definition) is 1. The molecule has 26 heavy (non-hydrogen) atoms. The molecule has 0 aliphatic heterocycles. The van der Waals surface area contributed by atoms with Crippen molar-refractivity contribution < 1.29 is 14.6 Å². The third kappa shape index (κ3) is 3.37. The van der Waals surface area contributed by atoms with Gasteiger partial charge < -0.3 is 9.84 Å². The van der Waals surface area contributed by atoms with Gasteiger partial charge in [0.2, 0.25) is 0 Å². The Kier molecular flexibility index (Phi) is 5.11. The van der Waals surface area contributed by atoms with E-state index in [4.69, 9.17) is 4.74 Å². The van der Waals surface area contributed by atoms with E-state index < -0.39 is 0 Å². The molecule has 0 heterocycles. The second kappa shape index (κ2) is 6.90. The van der Waals surface area contributed by atoms with E-state index in [1.165, 1.54) is 32.1 Å². The van der Waals surface area contributed by atoms with Crippen LogP contribution in [0.1, 0.15) is 76.6 Å². The number of ketones is 1. The maximum absolute atomic E-state index is 13.1. The molecule has 2 aliphatic rings. The predicted octanol–water partition coefficient (Wildman–Crippen LogP) is 5.85. The zero-order valence-corrected chi connectivity index (χ0v) is 17.0. The van der Waals surface area contributed by atoms with Gasteiger partial charge in [0, 0.05) is 18.1 Å². The van der Waals surface area contributed by atoms with Crippen molar-refractivity contribution in [2.45, 2.75) is 66.2 Å². The Morgan fingerprint density at radius 3 is 2.62 bits per heavy atom. The fourth-order valence-corrected chi connectivity index (χ4v) is 6.23. The fraction of sp³-hybridized carbons (Fsp3) is 0.696. The normalized spacial score (nSPS) is 33.3. The van der Waals surface area contributed by atoms with Gasteiger partial charge in [0.05, 0.1) is 7.11 Å². The van der Waals surface area contributed by atoms with Crippen molar-refractivity contribution in [3.8, 4) is 11.5 Å². The highest BCUT2D eigenvalue weighted by atomic mass is 16.5. The predicted molar refractivity (Wildman–Crippen MR) is 105 cm³/mol. The largest absolute Gasteiger partial charge is 0.508 e. The molecule has 1 aromatic carbocycles. The monoisotopic (exact) mass is 358 g/mol. The zero-order valence-electron chi connectivity index (χ0n) is 17.0. The second-order valence-corrected chi connectivity index (χ2v) is 9.61. The van der Waals surface area contributed by atoms with E-state index in [0.29, 0.717) is 40.9 Å². The van der Waals surface area contributed by atoms with Gasteiger partial charge in [-0.3, -0.25) is 4.79 Å². The highest BCUT2D eigenvalue weighted by Crippen LogP contribution is 2.61. The van der Waals surface area contributed by atoms with Gasteiger partial charge in [0.1, 0.15) is 11.5 Å². The first-order valence-electron chi connectivity index (χ1n) is 10.1. The molecule has 2 aliphatic carbocycles. The first kappa shape index (κ1) is 19.3. The first-order chi connectivity index (χ1) is 12.2. The lowest BCUT2D eigenvalue weighted by Crippen LogP contribution is -2.51. The number of benzene rings is 1. The van der Waals surface area contributed by atoms with Crippen LogP contribution in [-0.4, -0.2) is 18.0 Å². The van der Waals surface area contributed by atoms with E-state index in [-0.39, 0.29) is 16.9 Å². The third-order valence-corrected chi connectivity index (χ3v) is 7.57. The molecule has 2 fully saturated rings. The Balaban J connectivity index is 1.87. The lowest BCUT2D eigenvalue weighted by Gasteiger charge is -2.59. The van der Waals surface area contributed by atoms with Crippen molar-refractivity contribution >= 4 is 5.78 Å². The number of rotatable bonds is 4. The van der Waals surface area contributed by atoms with E-state index in [1.54, 1.807) is 25.3 Å². The topological polar surface area (TPSA) is 46.5 Å². The number of hydrogen-bond acceptors (Lipinski definition) is 3. The number of Topliss-reactive ketones (excluding diaryl/α,β-unsaturated/α-hetero) is 1. The molecular formula is C23H34O3. The lowest BCUT2D eigenvalue weighted by molar-refractivity contribution is -0.0927. The van der Waals surface area contributed by atoms with E-state index in [2.05, 4.69) is 27.7 Å². The quantitative estimate of drug-likeness (QED) is 0.687. The molecule has 3 nitrogen and oxygen atoms in total. The third-order valence-electron chi connectivity index (χ3n) is 7.57. The summed E-state index contributed by atoms with van der Waals surface area (Å²) in [5, 5.41) is 9.91. The number of ether oxygens (including phenoxy) is 1. The first-order valence-corrected chi connectivity index (χ1v) is 10.1. The Morgan fingerprint density at radius 1 is 1.19 bits per heavy atom. The number of phenolic OH excluding ortho intramolecular Hbond substituents is 1. The molecule has 144 valence electrons. The van der Waals surface area contributed by atoms with Crippen molar-refractivity contribution in [1.29, 1.82) is 0 Å². The zero-order chi connectivity index (χ0) is 19.1. The maximum Gasteiger partial charge on any atom is 0.163 e. The summed E-state index contributed by atoms with van der Waals surface area (Å²) in [6.45, 7) is 9.60. The second-order valence-electron chi connectivity index (χ2n) is 9.61. The molecule has 3 heteroatoms. The molecule has 0 radical (unpaired) electrons. The van der Waals surface area contributed by atoms with Crippen molar-refractivity contribution in [2.75, 3.05) is 7.11 Å². The molecule has 4 atom stereocenters. The van der Waals surface area contributed by atoms with Crippen LogP contribution >= 0.6 is 0 Å². The summed E-state index contributed by atoms with van der Waals surface area (Å²) in [5.41, 5.74) is 1.16. The Labute approximate surface area is 158 Å². The number of phenols is 1. The van der Waals surface area contributed by atoms with Gasteiger partial charge in [0.25, 0.3) is 0 Å². The van der Waals surface area contributed by atoms with E-state index in [0.717, 1.165) is 0 Å². The van der Waals surface area contributed by atoms with Crippen molar-refractivity contribution in [3.05, 3.63) is 23.8 Å². The summed E-state index contributed by atoms with van der Waals surface area (Å²) in [6, 6.07) is 4.87. The van der Waals surface area contributed by atoms with Gasteiger partial charge in [-0.2, -0.15) is 0 Å². The molecule has 0 bridgehead atoms. The van der Waals surface area contributed by atoms with Gasteiger partial charge in [0.15, 0.2) is 5.78 Å². The fourth-order valence-electron chi connectivity index (χ4n) is 6.23. The van der Waals surface area contributed by atoms with Gasteiger partial charge in [-0.05, 0) is 60.0 Å². The molecule has 1 N–H and O–H groups in total. The SMILES string of the molecule is COc1cc(O)cc(C(=O)CC2C(C)CCC3C(C)(C)CCCC23C)c1. The van der Waals surface area contributed by atoms with Crippen LogP contribution < -0.4 is 4.74 Å². The maximum atomic E-state index is 13.1. The molecular weight excluding hydrogens is 324 g/mol. The molecule has 3 rings (SSSR count). The van der Waals surface area contributed by atoms with Gasteiger partial charge in [-0.1, -0.05) is 40.5 Å². The summed E-state index contributed by atoms with van der Waals surface area (Å²) in [4.78, 5) is 13.1. The number of carbonyl (C=O) groups is 1.